The van der Waals surface area contributed by atoms with E-state index < -0.39 is 0 Å². The minimum atomic E-state index is -0.184. The lowest BCUT2D eigenvalue weighted by atomic mass is 9.82. The van der Waals surface area contributed by atoms with Crippen LogP contribution in [0.4, 0.5) is 0 Å². The second-order valence-electron chi connectivity index (χ2n) is 4.85. The number of hydrogen-bond acceptors (Lipinski definition) is 3. The number of rotatable bonds is 3. The number of nitrogens with two attached hydrogens (primary N) is 1. The summed E-state index contributed by atoms with van der Waals surface area (Å²) in [5, 5.41) is 3.37. The largest absolute Gasteiger partial charge is 0.370 e. The highest BCUT2D eigenvalue weighted by Crippen LogP contribution is 2.36. The van der Waals surface area contributed by atoms with E-state index in [0.717, 1.165) is 13.0 Å². The van der Waals surface area contributed by atoms with Crippen molar-refractivity contribution in [1.29, 1.82) is 0 Å². The van der Waals surface area contributed by atoms with Gasteiger partial charge in [-0.2, -0.15) is 0 Å². The zero-order valence-corrected chi connectivity index (χ0v) is 9.46. The Kier molecular flexibility index (Phi) is 2.98. The zero-order chi connectivity index (χ0) is 10.9. The number of nitrogens with one attached hydrogen (secondary N) is 1. The maximum atomic E-state index is 11.2. The van der Waals surface area contributed by atoms with Crippen LogP contribution in [0.3, 0.4) is 0 Å². The third kappa shape index (κ3) is 1.88. The number of nitrogens with zero attached hydrogens (tertiary/aromatic N) is 1. The molecule has 1 amide bonds. The number of carbonyl (C=O) groups excluding carboxylic acids is 1. The second-order valence-corrected chi connectivity index (χ2v) is 4.85. The summed E-state index contributed by atoms with van der Waals surface area (Å²) in [6.07, 6.45) is 5.31. The Balaban J connectivity index is 2.14. The fraction of sp³-hybridized carbons (Fsp3) is 0.909. The van der Waals surface area contributed by atoms with Gasteiger partial charge in [-0.25, -0.2) is 0 Å². The summed E-state index contributed by atoms with van der Waals surface area (Å²) in [4.78, 5) is 13.7. The van der Waals surface area contributed by atoms with Crippen molar-refractivity contribution in [3.8, 4) is 0 Å². The Hall–Kier alpha value is -0.610. The highest BCUT2D eigenvalue weighted by atomic mass is 16.1. The van der Waals surface area contributed by atoms with Crippen molar-refractivity contribution in [3.05, 3.63) is 0 Å². The minimum Gasteiger partial charge on any atom is -0.370 e. The summed E-state index contributed by atoms with van der Waals surface area (Å²) in [6.45, 7) is 2.30. The van der Waals surface area contributed by atoms with Gasteiger partial charge >= 0.3 is 0 Å². The number of primary amides is 1. The first kappa shape index (κ1) is 10.9. The van der Waals surface area contributed by atoms with E-state index in [-0.39, 0.29) is 11.4 Å². The van der Waals surface area contributed by atoms with Gasteiger partial charge in [-0.1, -0.05) is 6.42 Å². The lowest BCUT2D eigenvalue weighted by Gasteiger charge is -2.40. The number of piperidine rings is 1. The second kappa shape index (κ2) is 4.10. The molecule has 0 aromatic rings. The maximum Gasteiger partial charge on any atom is 0.219 e. The lowest BCUT2D eigenvalue weighted by molar-refractivity contribution is -0.119. The molecule has 2 aliphatic rings. The van der Waals surface area contributed by atoms with Crippen LogP contribution in [0.15, 0.2) is 0 Å². The third-order valence-electron chi connectivity index (χ3n) is 4.08. The molecule has 2 aliphatic heterocycles. The van der Waals surface area contributed by atoms with E-state index >= 15 is 0 Å². The van der Waals surface area contributed by atoms with Gasteiger partial charge in [-0.3, -0.25) is 9.69 Å². The van der Waals surface area contributed by atoms with Crippen molar-refractivity contribution >= 4 is 5.91 Å². The number of likely N-dealkylation sites (N-methyl/N-ethyl adjacent to an activating group) is 1. The van der Waals surface area contributed by atoms with Crippen LogP contribution >= 0.6 is 0 Å². The Morgan fingerprint density at radius 2 is 2.33 bits per heavy atom. The van der Waals surface area contributed by atoms with Crippen molar-refractivity contribution in [2.45, 2.75) is 43.7 Å². The SMILES string of the molecule is CNC1(CC(N)=O)CCN2CCCCC21. The Labute approximate surface area is 91.2 Å². The van der Waals surface area contributed by atoms with E-state index in [1.54, 1.807) is 0 Å². The van der Waals surface area contributed by atoms with Crippen LogP contribution in [-0.2, 0) is 4.79 Å². The van der Waals surface area contributed by atoms with Crippen molar-refractivity contribution in [3.63, 3.8) is 0 Å². The van der Waals surface area contributed by atoms with Gasteiger partial charge in [-0.05, 0) is 32.9 Å². The molecule has 0 bridgehead atoms. The van der Waals surface area contributed by atoms with Crippen LogP contribution in [0.25, 0.3) is 0 Å². The smallest absolute Gasteiger partial charge is 0.219 e. The standard InChI is InChI=1S/C11H21N3O/c1-13-11(8-10(12)15)5-7-14-6-3-2-4-9(11)14/h9,13H,2-8H2,1H3,(H2,12,15). The summed E-state index contributed by atoms with van der Waals surface area (Å²) >= 11 is 0. The predicted octanol–water partition coefficient (Wildman–Crippen LogP) is 0.0782. The summed E-state index contributed by atoms with van der Waals surface area (Å²) in [7, 11) is 1.96. The molecule has 0 aromatic carbocycles. The molecule has 86 valence electrons. The molecular formula is C11H21N3O. The fourth-order valence-corrected chi connectivity index (χ4v) is 3.29. The van der Waals surface area contributed by atoms with Crippen molar-refractivity contribution < 1.29 is 4.79 Å². The van der Waals surface area contributed by atoms with Crippen LogP contribution in [0.2, 0.25) is 0 Å². The van der Waals surface area contributed by atoms with E-state index in [1.807, 2.05) is 7.05 Å². The van der Waals surface area contributed by atoms with Gasteiger partial charge in [0.1, 0.15) is 0 Å². The number of hydrogen-bond donors (Lipinski definition) is 2. The van der Waals surface area contributed by atoms with E-state index in [2.05, 4.69) is 10.2 Å². The molecule has 2 unspecified atom stereocenters. The van der Waals surface area contributed by atoms with Gasteiger partial charge in [0, 0.05) is 24.5 Å². The predicted molar refractivity (Wildman–Crippen MR) is 59.4 cm³/mol. The average Bonchev–Trinajstić information content (AvgIpc) is 2.58. The minimum absolute atomic E-state index is 0.0494. The van der Waals surface area contributed by atoms with Gasteiger partial charge in [-0.15, -0.1) is 0 Å². The highest BCUT2D eigenvalue weighted by Gasteiger charge is 2.47. The van der Waals surface area contributed by atoms with Crippen LogP contribution < -0.4 is 11.1 Å². The molecule has 0 saturated carbocycles. The summed E-state index contributed by atoms with van der Waals surface area (Å²) in [5.41, 5.74) is 5.31. The summed E-state index contributed by atoms with van der Waals surface area (Å²) in [6, 6.07) is 0.517. The van der Waals surface area contributed by atoms with Crippen LogP contribution in [0, 0.1) is 0 Å². The van der Waals surface area contributed by atoms with E-state index in [1.165, 1.54) is 25.8 Å². The highest BCUT2D eigenvalue weighted by molar-refractivity contribution is 5.75. The summed E-state index contributed by atoms with van der Waals surface area (Å²) < 4.78 is 0. The molecule has 2 saturated heterocycles. The van der Waals surface area contributed by atoms with Gasteiger partial charge in [0.25, 0.3) is 0 Å². The van der Waals surface area contributed by atoms with Crippen LogP contribution in [0.5, 0.6) is 0 Å². The van der Waals surface area contributed by atoms with E-state index in [0.29, 0.717) is 12.5 Å². The fourth-order valence-electron chi connectivity index (χ4n) is 3.29. The van der Waals surface area contributed by atoms with E-state index in [4.69, 9.17) is 5.73 Å². The Morgan fingerprint density at radius 1 is 1.53 bits per heavy atom. The Bertz CT molecular complexity index is 256. The van der Waals surface area contributed by atoms with Crippen LogP contribution in [0.1, 0.15) is 32.1 Å². The number of carbonyl (C=O) groups is 1. The quantitative estimate of drug-likeness (QED) is 0.695. The molecule has 4 nitrogen and oxygen atoms in total. The third-order valence-corrected chi connectivity index (χ3v) is 4.08. The molecule has 3 N–H and O–H groups in total. The molecular weight excluding hydrogens is 190 g/mol. The number of fused-ring (bicyclic) bond motifs is 1. The van der Waals surface area contributed by atoms with Gasteiger partial charge in [0.15, 0.2) is 0 Å². The topological polar surface area (TPSA) is 58.4 Å². The Morgan fingerprint density at radius 3 is 3.00 bits per heavy atom. The first-order chi connectivity index (χ1) is 7.18. The average molecular weight is 211 g/mol. The molecule has 0 radical (unpaired) electrons. The van der Waals surface area contributed by atoms with Crippen molar-refractivity contribution in [1.82, 2.24) is 10.2 Å². The normalized spacial score (nSPS) is 36.5. The molecule has 4 heteroatoms. The van der Waals surface area contributed by atoms with Crippen molar-refractivity contribution in [2.24, 2.45) is 5.73 Å². The maximum absolute atomic E-state index is 11.2. The molecule has 2 atom stereocenters. The monoisotopic (exact) mass is 211 g/mol. The lowest BCUT2D eigenvalue weighted by Crippen LogP contribution is -2.56. The molecule has 2 heterocycles. The van der Waals surface area contributed by atoms with E-state index in [9.17, 15) is 4.79 Å². The molecule has 0 aromatic heterocycles. The first-order valence-corrected chi connectivity index (χ1v) is 5.89. The number of amides is 1. The van der Waals surface area contributed by atoms with Crippen LogP contribution in [-0.4, -0.2) is 42.5 Å². The molecule has 15 heavy (non-hydrogen) atoms. The van der Waals surface area contributed by atoms with Crippen molar-refractivity contribution in [2.75, 3.05) is 20.1 Å². The molecule has 2 fully saturated rings. The molecule has 2 rings (SSSR count). The molecule has 0 aliphatic carbocycles. The van der Waals surface area contributed by atoms with Gasteiger partial charge < -0.3 is 11.1 Å². The first-order valence-electron chi connectivity index (χ1n) is 5.89. The molecule has 0 spiro atoms. The summed E-state index contributed by atoms with van der Waals surface area (Å²) in [5.74, 6) is -0.184. The zero-order valence-electron chi connectivity index (χ0n) is 9.46. The van der Waals surface area contributed by atoms with Gasteiger partial charge in [0.05, 0.1) is 0 Å². The van der Waals surface area contributed by atoms with Gasteiger partial charge in [0.2, 0.25) is 5.91 Å².